The molecule has 0 fully saturated rings. The number of benzene rings is 2. The number of rotatable bonds is 9. The zero-order valence-corrected chi connectivity index (χ0v) is 20.2. The van der Waals surface area contributed by atoms with Crippen LogP contribution in [-0.2, 0) is 9.59 Å². The molecule has 4 rings (SSSR count). The molecule has 9 heteroatoms. The Morgan fingerprint density at radius 1 is 0.919 bits per heavy atom. The van der Waals surface area contributed by atoms with E-state index >= 15 is 0 Å². The second kappa shape index (κ2) is 12.6. The highest BCUT2D eigenvalue weighted by Gasteiger charge is 2.14. The molecule has 0 saturated carbocycles. The van der Waals surface area contributed by atoms with Crippen molar-refractivity contribution in [3.63, 3.8) is 0 Å². The molecule has 0 atom stereocenters. The van der Waals surface area contributed by atoms with Gasteiger partial charge < -0.3 is 14.5 Å². The van der Waals surface area contributed by atoms with Gasteiger partial charge in [0.15, 0.2) is 0 Å². The zero-order valence-electron chi connectivity index (χ0n) is 19.4. The smallest absolute Gasteiger partial charge is 0.336 e. The van der Waals surface area contributed by atoms with E-state index in [1.165, 1.54) is 36.0 Å². The van der Waals surface area contributed by atoms with Crippen LogP contribution >= 0.6 is 11.3 Å². The molecule has 184 valence electrons. The summed E-state index contributed by atoms with van der Waals surface area (Å²) in [5.74, 6) is -0.652. The van der Waals surface area contributed by atoms with Crippen molar-refractivity contribution in [2.75, 3.05) is 0 Å². The van der Waals surface area contributed by atoms with Crippen LogP contribution in [-0.4, -0.2) is 24.0 Å². The van der Waals surface area contributed by atoms with Crippen LogP contribution in [0.1, 0.15) is 26.6 Å². The van der Waals surface area contributed by atoms with E-state index in [0.717, 1.165) is 4.88 Å². The lowest BCUT2D eigenvalue weighted by molar-refractivity contribution is -0.128. The second-order valence-corrected chi connectivity index (χ2v) is 8.41. The van der Waals surface area contributed by atoms with E-state index in [4.69, 9.17) is 9.15 Å². The Morgan fingerprint density at radius 2 is 1.73 bits per heavy atom. The third-order valence-electron chi connectivity index (χ3n) is 4.76. The summed E-state index contributed by atoms with van der Waals surface area (Å²) < 4.78 is 10.4. The van der Waals surface area contributed by atoms with Gasteiger partial charge in [-0.05, 0) is 77.7 Å². The summed E-state index contributed by atoms with van der Waals surface area (Å²) in [7, 11) is 0. The van der Waals surface area contributed by atoms with Crippen molar-refractivity contribution in [3.8, 4) is 5.75 Å². The van der Waals surface area contributed by atoms with Crippen LogP contribution in [0, 0.1) is 0 Å². The maximum atomic E-state index is 12.8. The van der Waals surface area contributed by atoms with E-state index in [1.54, 1.807) is 72.8 Å². The Kier molecular flexibility index (Phi) is 8.55. The first kappa shape index (κ1) is 25.1. The minimum Gasteiger partial charge on any atom is -0.465 e. The van der Waals surface area contributed by atoms with Gasteiger partial charge in [-0.2, -0.15) is 5.10 Å². The van der Waals surface area contributed by atoms with Crippen molar-refractivity contribution in [2.45, 2.75) is 0 Å². The van der Waals surface area contributed by atoms with Gasteiger partial charge in [0.1, 0.15) is 17.2 Å². The van der Waals surface area contributed by atoms with Gasteiger partial charge in [0.25, 0.3) is 11.8 Å². The van der Waals surface area contributed by atoms with Crippen LogP contribution in [0.3, 0.4) is 0 Å². The van der Waals surface area contributed by atoms with E-state index < -0.39 is 17.8 Å². The summed E-state index contributed by atoms with van der Waals surface area (Å²) in [6.07, 6.45) is 7.30. The van der Waals surface area contributed by atoms with E-state index in [2.05, 4.69) is 15.8 Å². The molecule has 4 aromatic rings. The van der Waals surface area contributed by atoms with Gasteiger partial charge in [0.05, 0.1) is 12.5 Å². The predicted octanol–water partition coefficient (Wildman–Crippen LogP) is 4.88. The fraction of sp³-hybridized carbons (Fsp3) is 0. The van der Waals surface area contributed by atoms with E-state index in [0.29, 0.717) is 22.6 Å². The fourth-order valence-electron chi connectivity index (χ4n) is 2.99. The van der Waals surface area contributed by atoms with Gasteiger partial charge in [-0.15, -0.1) is 11.3 Å². The monoisotopic (exact) mass is 511 g/mol. The molecule has 2 heterocycles. The average Bonchev–Trinajstić information content (AvgIpc) is 3.63. The first-order valence-corrected chi connectivity index (χ1v) is 11.9. The predicted molar refractivity (Wildman–Crippen MR) is 142 cm³/mol. The van der Waals surface area contributed by atoms with Gasteiger partial charge in [-0.1, -0.05) is 24.3 Å². The lowest BCUT2D eigenvalue weighted by Crippen LogP contribution is -2.32. The number of hydrogen-bond donors (Lipinski definition) is 2. The molecule has 8 nitrogen and oxygen atoms in total. The SMILES string of the molecule is O=C(/C=C/c1ccco1)Oc1ccc(/C=N/NC(=O)/C(=C\c2cccs2)NC(=O)c2ccccc2)cc1. The van der Waals surface area contributed by atoms with Gasteiger partial charge in [0.2, 0.25) is 0 Å². The van der Waals surface area contributed by atoms with Gasteiger partial charge in [0, 0.05) is 16.5 Å². The quantitative estimate of drug-likeness (QED) is 0.109. The number of hydrogen-bond acceptors (Lipinski definition) is 7. The highest BCUT2D eigenvalue weighted by atomic mass is 32.1. The Labute approximate surface area is 216 Å². The van der Waals surface area contributed by atoms with Crippen LogP contribution in [0.4, 0.5) is 0 Å². The second-order valence-electron chi connectivity index (χ2n) is 7.43. The maximum absolute atomic E-state index is 12.8. The molecule has 2 amide bonds. The molecule has 0 aliphatic rings. The van der Waals surface area contributed by atoms with E-state index in [1.807, 2.05) is 17.5 Å². The largest absolute Gasteiger partial charge is 0.465 e. The number of hydrazone groups is 1. The van der Waals surface area contributed by atoms with Crippen molar-refractivity contribution >= 4 is 47.5 Å². The van der Waals surface area contributed by atoms with Crippen LogP contribution in [0.2, 0.25) is 0 Å². The number of nitrogens with zero attached hydrogens (tertiary/aromatic N) is 1. The lowest BCUT2D eigenvalue weighted by atomic mass is 10.2. The van der Waals surface area contributed by atoms with Gasteiger partial charge in [-0.25, -0.2) is 10.2 Å². The van der Waals surface area contributed by atoms with Crippen LogP contribution in [0.5, 0.6) is 5.75 Å². The summed E-state index contributed by atoms with van der Waals surface area (Å²) in [6.45, 7) is 0. The van der Waals surface area contributed by atoms with E-state index in [-0.39, 0.29) is 5.70 Å². The molecule has 37 heavy (non-hydrogen) atoms. The molecule has 0 saturated heterocycles. The molecule has 2 aromatic carbocycles. The lowest BCUT2D eigenvalue weighted by Gasteiger charge is -2.08. The number of carbonyl (C=O) groups is 3. The molecule has 0 spiro atoms. The highest BCUT2D eigenvalue weighted by Crippen LogP contribution is 2.14. The zero-order chi connectivity index (χ0) is 25.9. The summed E-state index contributed by atoms with van der Waals surface area (Å²) in [4.78, 5) is 38.1. The van der Waals surface area contributed by atoms with E-state index in [9.17, 15) is 14.4 Å². The summed E-state index contributed by atoms with van der Waals surface area (Å²) in [5.41, 5.74) is 3.56. The fourth-order valence-corrected chi connectivity index (χ4v) is 3.65. The third-order valence-corrected chi connectivity index (χ3v) is 5.58. The number of thiophene rings is 1. The van der Waals surface area contributed by atoms with Crippen molar-refractivity contribution < 1.29 is 23.5 Å². The van der Waals surface area contributed by atoms with Gasteiger partial charge in [-0.3, -0.25) is 9.59 Å². The number of amides is 2. The first-order chi connectivity index (χ1) is 18.1. The molecule has 2 N–H and O–H groups in total. The summed E-state index contributed by atoms with van der Waals surface area (Å²) in [6, 6.07) is 22.3. The van der Waals surface area contributed by atoms with Crippen molar-refractivity contribution in [3.05, 3.63) is 124 Å². The minimum atomic E-state index is -0.581. The van der Waals surface area contributed by atoms with Crippen molar-refractivity contribution in [1.29, 1.82) is 0 Å². The van der Waals surface area contributed by atoms with Crippen LogP contribution < -0.4 is 15.5 Å². The van der Waals surface area contributed by atoms with Crippen molar-refractivity contribution in [2.24, 2.45) is 5.10 Å². The molecule has 2 aromatic heterocycles. The normalized spacial score (nSPS) is 11.5. The average molecular weight is 512 g/mol. The first-order valence-electron chi connectivity index (χ1n) is 11.1. The summed E-state index contributed by atoms with van der Waals surface area (Å²) >= 11 is 1.43. The topological polar surface area (TPSA) is 110 Å². The standard InChI is InChI=1S/C28H21N3O5S/c32-26(15-14-22-8-4-16-35-22)36-23-12-10-20(11-13-23)19-29-31-28(34)25(18-24-9-5-17-37-24)30-27(33)21-6-2-1-3-7-21/h1-19H,(H,30,33)(H,31,34)/b15-14+,25-18+,29-19+. The molecular weight excluding hydrogens is 490 g/mol. The Morgan fingerprint density at radius 3 is 2.43 bits per heavy atom. The number of nitrogens with one attached hydrogen (secondary N) is 2. The number of furan rings is 1. The van der Waals surface area contributed by atoms with Crippen LogP contribution in [0.25, 0.3) is 12.2 Å². The molecule has 0 bridgehead atoms. The van der Waals surface area contributed by atoms with Crippen LogP contribution in [0.15, 0.2) is 112 Å². The number of carbonyl (C=O) groups excluding carboxylic acids is 3. The highest BCUT2D eigenvalue weighted by molar-refractivity contribution is 7.10. The third kappa shape index (κ3) is 7.74. The van der Waals surface area contributed by atoms with Gasteiger partial charge >= 0.3 is 5.97 Å². The number of ether oxygens (including phenoxy) is 1. The molecule has 0 aliphatic heterocycles. The Hall–Kier alpha value is -5.02. The number of esters is 1. The molecular formula is C28H21N3O5S. The summed E-state index contributed by atoms with van der Waals surface area (Å²) in [5, 5.41) is 8.50. The van der Waals surface area contributed by atoms with Crippen molar-refractivity contribution in [1.82, 2.24) is 10.7 Å². The molecule has 0 radical (unpaired) electrons. The minimum absolute atomic E-state index is 0.0540. The Balaban J connectivity index is 1.35. The maximum Gasteiger partial charge on any atom is 0.336 e. The molecule has 0 unspecified atom stereocenters. The Bertz CT molecular complexity index is 1420. The molecule has 0 aliphatic carbocycles.